The summed E-state index contributed by atoms with van der Waals surface area (Å²) in [5.41, 5.74) is 4.15. The Hall–Kier alpha value is -2.60. The molecule has 6 nitrogen and oxygen atoms in total. The van der Waals surface area contributed by atoms with Crippen molar-refractivity contribution in [1.29, 1.82) is 0 Å². The number of carbonyl (C=O) groups is 1. The Bertz CT molecular complexity index is 959. The summed E-state index contributed by atoms with van der Waals surface area (Å²) in [5, 5.41) is 15.8. The van der Waals surface area contributed by atoms with Crippen LogP contribution in [0.2, 0.25) is 0 Å². The molecular weight excluding hydrogens is 352 g/mol. The van der Waals surface area contributed by atoms with Crippen molar-refractivity contribution in [1.82, 2.24) is 19.7 Å². The highest BCUT2D eigenvalue weighted by Crippen LogP contribution is 2.22. The van der Waals surface area contributed by atoms with Gasteiger partial charge in [0.25, 0.3) is 0 Å². The molecule has 0 fully saturated rings. The standard InChI is InChI=1S/C22H28N4O2/c1-2-21(27)20-13-17-15-25(11-6-12-26(17)24-20)22(28)10-5-7-16-14-23-19-9-4-3-8-18(16)19/h3-4,8-9,13-14,21,23,27H,2,5-7,10-12,15H2,1H3/t21-/m0/s1. The van der Waals surface area contributed by atoms with E-state index < -0.39 is 6.10 Å². The average molecular weight is 380 g/mol. The van der Waals surface area contributed by atoms with E-state index in [9.17, 15) is 9.90 Å². The molecule has 2 N–H and O–H groups in total. The number of H-pyrrole nitrogens is 1. The van der Waals surface area contributed by atoms with Crippen molar-refractivity contribution < 1.29 is 9.90 Å². The summed E-state index contributed by atoms with van der Waals surface area (Å²) in [6, 6.07) is 10.2. The minimum atomic E-state index is -0.528. The van der Waals surface area contributed by atoms with Crippen LogP contribution in [0.3, 0.4) is 0 Å². The number of nitrogens with zero attached hydrogens (tertiary/aromatic N) is 3. The molecule has 1 aliphatic rings. The lowest BCUT2D eigenvalue weighted by Crippen LogP contribution is -2.30. The van der Waals surface area contributed by atoms with Gasteiger partial charge in [0, 0.05) is 36.6 Å². The second-order valence-corrected chi connectivity index (χ2v) is 7.59. The number of benzene rings is 1. The van der Waals surface area contributed by atoms with Gasteiger partial charge in [-0.3, -0.25) is 9.48 Å². The molecule has 0 saturated carbocycles. The molecule has 1 atom stereocenters. The fourth-order valence-corrected chi connectivity index (χ4v) is 4.00. The predicted octanol–water partition coefficient (Wildman–Crippen LogP) is 3.56. The van der Waals surface area contributed by atoms with Gasteiger partial charge in [0.2, 0.25) is 5.91 Å². The van der Waals surface area contributed by atoms with Gasteiger partial charge in [0.05, 0.1) is 24.0 Å². The van der Waals surface area contributed by atoms with Crippen LogP contribution in [0, 0.1) is 0 Å². The van der Waals surface area contributed by atoms with Gasteiger partial charge >= 0.3 is 0 Å². The minimum Gasteiger partial charge on any atom is -0.387 e. The Kier molecular flexibility index (Phi) is 5.48. The second-order valence-electron chi connectivity index (χ2n) is 7.59. The molecule has 3 heterocycles. The van der Waals surface area contributed by atoms with Crippen molar-refractivity contribution in [3.8, 4) is 0 Å². The van der Waals surface area contributed by atoms with E-state index in [0.29, 0.717) is 25.1 Å². The van der Waals surface area contributed by atoms with Crippen LogP contribution in [0.25, 0.3) is 10.9 Å². The fourth-order valence-electron chi connectivity index (χ4n) is 4.00. The van der Waals surface area contributed by atoms with Gasteiger partial charge in [-0.15, -0.1) is 0 Å². The third kappa shape index (κ3) is 3.83. The molecule has 0 saturated heterocycles. The number of para-hydroxylation sites is 1. The van der Waals surface area contributed by atoms with E-state index in [0.717, 1.165) is 43.6 Å². The van der Waals surface area contributed by atoms with E-state index in [2.05, 4.69) is 34.5 Å². The van der Waals surface area contributed by atoms with Crippen LogP contribution in [0.4, 0.5) is 0 Å². The van der Waals surface area contributed by atoms with Crippen LogP contribution >= 0.6 is 0 Å². The van der Waals surface area contributed by atoms with Crippen LogP contribution < -0.4 is 0 Å². The number of nitrogens with one attached hydrogen (secondary N) is 1. The van der Waals surface area contributed by atoms with Gasteiger partial charge < -0.3 is 15.0 Å². The summed E-state index contributed by atoms with van der Waals surface area (Å²) < 4.78 is 1.95. The van der Waals surface area contributed by atoms with Crippen molar-refractivity contribution in [2.75, 3.05) is 6.54 Å². The first-order valence-electron chi connectivity index (χ1n) is 10.2. The molecule has 28 heavy (non-hydrogen) atoms. The number of aromatic amines is 1. The quantitative estimate of drug-likeness (QED) is 0.687. The van der Waals surface area contributed by atoms with Crippen molar-refractivity contribution in [3.63, 3.8) is 0 Å². The van der Waals surface area contributed by atoms with E-state index in [1.165, 1.54) is 10.9 Å². The highest BCUT2D eigenvalue weighted by Gasteiger charge is 2.22. The van der Waals surface area contributed by atoms with Gasteiger partial charge in [0.15, 0.2) is 0 Å². The molecule has 1 amide bonds. The molecule has 6 heteroatoms. The summed E-state index contributed by atoms with van der Waals surface area (Å²) in [6.45, 7) is 4.08. The lowest BCUT2D eigenvalue weighted by atomic mass is 10.1. The maximum absolute atomic E-state index is 12.8. The van der Waals surface area contributed by atoms with Crippen LogP contribution in [0.1, 0.15) is 55.7 Å². The smallest absolute Gasteiger partial charge is 0.222 e. The van der Waals surface area contributed by atoms with Gasteiger partial charge in [-0.25, -0.2) is 0 Å². The lowest BCUT2D eigenvalue weighted by molar-refractivity contribution is -0.131. The van der Waals surface area contributed by atoms with Gasteiger partial charge in [-0.05, 0) is 43.4 Å². The van der Waals surface area contributed by atoms with Crippen molar-refractivity contribution in [3.05, 3.63) is 53.5 Å². The summed E-state index contributed by atoms with van der Waals surface area (Å²) in [5.74, 6) is 0.201. The summed E-state index contributed by atoms with van der Waals surface area (Å²) >= 11 is 0. The zero-order valence-electron chi connectivity index (χ0n) is 16.4. The second kappa shape index (κ2) is 8.19. The van der Waals surface area contributed by atoms with Gasteiger partial charge in [-0.1, -0.05) is 25.1 Å². The van der Waals surface area contributed by atoms with Crippen molar-refractivity contribution >= 4 is 16.8 Å². The van der Waals surface area contributed by atoms with Gasteiger partial charge in [-0.2, -0.15) is 5.10 Å². The number of aryl methyl sites for hydroxylation is 2. The summed E-state index contributed by atoms with van der Waals surface area (Å²) in [6.07, 6.45) is 5.36. The Labute approximate surface area is 165 Å². The van der Waals surface area contributed by atoms with Crippen LogP contribution in [0.5, 0.6) is 0 Å². The molecule has 4 rings (SSSR count). The largest absolute Gasteiger partial charge is 0.387 e. The van der Waals surface area contributed by atoms with E-state index in [1.54, 1.807) is 0 Å². The Morgan fingerprint density at radius 3 is 3.04 bits per heavy atom. The topological polar surface area (TPSA) is 74.2 Å². The lowest BCUT2D eigenvalue weighted by Gasteiger charge is -2.20. The maximum Gasteiger partial charge on any atom is 0.222 e. The SMILES string of the molecule is CC[C@H](O)c1cc2n(n1)CCCN(C(=O)CCCc1c[nH]c3ccccc13)C2. The molecular formula is C22H28N4O2. The summed E-state index contributed by atoms with van der Waals surface area (Å²) in [7, 11) is 0. The zero-order chi connectivity index (χ0) is 19.5. The number of fused-ring (bicyclic) bond motifs is 2. The van der Waals surface area contributed by atoms with E-state index in [-0.39, 0.29) is 5.91 Å². The fraction of sp³-hybridized carbons (Fsp3) is 0.455. The Balaban J connectivity index is 1.36. The van der Waals surface area contributed by atoms with Crippen LogP contribution in [0.15, 0.2) is 36.5 Å². The number of amides is 1. The minimum absolute atomic E-state index is 0.201. The van der Waals surface area contributed by atoms with Crippen LogP contribution in [-0.2, 0) is 24.3 Å². The van der Waals surface area contributed by atoms with E-state index in [1.807, 2.05) is 28.6 Å². The number of aromatic nitrogens is 3. The third-order valence-corrected chi connectivity index (χ3v) is 5.63. The average Bonchev–Trinajstić information content (AvgIpc) is 3.25. The molecule has 0 radical (unpaired) electrons. The van der Waals surface area contributed by atoms with Crippen molar-refractivity contribution in [2.45, 2.75) is 58.2 Å². The zero-order valence-corrected chi connectivity index (χ0v) is 16.4. The molecule has 3 aromatic rings. The number of hydrogen-bond donors (Lipinski definition) is 2. The van der Waals surface area contributed by atoms with E-state index >= 15 is 0 Å². The molecule has 1 aliphatic heterocycles. The Morgan fingerprint density at radius 1 is 1.32 bits per heavy atom. The van der Waals surface area contributed by atoms with Gasteiger partial charge in [0.1, 0.15) is 0 Å². The molecule has 0 aliphatic carbocycles. The summed E-state index contributed by atoms with van der Waals surface area (Å²) in [4.78, 5) is 18.0. The molecule has 0 spiro atoms. The molecule has 0 unspecified atom stereocenters. The molecule has 148 valence electrons. The van der Waals surface area contributed by atoms with Crippen LogP contribution in [-0.4, -0.2) is 37.2 Å². The first-order valence-corrected chi connectivity index (χ1v) is 10.2. The first kappa shape index (κ1) is 18.7. The normalized spacial score (nSPS) is 15.4. The maximum atomic E-state index is 12.8. The monoisotopic (exact) mass is 380 g/mol. The number of aliphatic hydroxyl groups is 1. The number of rotatable bonds is 6. The molecule has 2 aromatic heterocycles. The molecule has 0 bridgehead atoms. The molecule has 1 aromatic carbocycles. The van der Waals surface area contributed by atoms with Crippen molar-refractivity contribution in [2.24, 2.45) is 0 Å². The highest BCUT2D eigenvalue weighted by atomic mass is 16.3. The number of hydrogen-bond acceptors (Lipinski definition) is 3. The van der Waals surface area contributed by atoms with E-state index in [4.69, 9.17) is 0 Å². The third-order valence-electron chi connectivity index (χ3n) is 5.63. The predicted molar refractivity (Wildman–Crippen MR) is 109 cm³/mol. The number of aliphatic hydroxyl groups excluding tert-OH is 1. The Morgan fingerprint density at radius 2 is 2.18 bits per heavy atom. The number of carbonyl (C=O) groups excluding carboxylic acids is 1. The highest BCUT2D eigenvalue weighted by molar-refractivity contribution is 5.83. The first-order chi connectivity index (χ1) is 13.7.